The highest BCUT2D eigenvalue weighted by molar-refractivity contribution is 7.98. The summed E-state index contributed by atoms with van der Waals surface area (Å²) in [4.78, 5) is 39.9. The molecule has 4 aliphatic rings. The highest BCUT2D eigenvalue weighted by atomic mass is 32.2. The summed E-state index contributed by atoms with van der Waals surface area (Å²) in [5, 5.41) is 6.44. The summed E-state index contributed by atoms with van der Waals surface area (Å²) in [5.74, 6) is 1.82. The molecule has 3 amide bonds. The summed E-state index contributed by atoms with van der Waals surface area (Å²) in [6, 6.07) is 15.0. The van der Waals surface area contributed by atoms with Gasteiger partial charge in [0, 0.05) is 35.2 Å². The van der Waals surface area contributed by atoms with E-state index in [9.17, 15) is 14.4 Å². The molecule has 3 fully saturated rings. The number of benzene rings is 2. The first kappa shape index (κ1) is 29.4. The smallest absolute Gasteiger partial charge is 0.255 e. The van der Waals surface area contributed by atoms with Crippen LogP contribution in [0.4, 0.5) is 0 Å². The molecule has 42 heavy (non-hydrogen) atoms. The van der Waals surface area contributed by atoms with Crippen LogP contribution >= 0.6 is 11.8 Å². The molecular weight excluding hydrogens is 542 g/mol. The fourth-order valence-corrected chi connectivity index (χ4v) is 8.78. The fourth-order valence-electron chi connectivity index (χ4n) is 7.74. The molecule has 6 nitrogen and oxygen atoms in total. The maximum absolute atomic E-state index is 13.1. The van der Waals surface area contributed by atoms with Crippen LogP contribution in [-0.4, -0.2) is 41.2 Å². The SMILES string of the molecule is O=C1CCC(N2Cc3c(SCc4ccc(CCNC(C5CCCCC5)C5CCCCC5)cc4)cccc3C2=O)C(=O)N1. The molecule has 2 aliphatic heterocycles. The van der Waals surface area contributed by atoms with Gasteiger partial charge in [-0.3, -0.25) is 19.7 Å². The average Bonchev–Trinajstić information content (AvgIpc) is 3.36. The quantitative estimate of drug-likeness (QED) is 0.248. The minimum absolute atomic E-state index is 0.117. The maximum Gasteiger partial charge on any atom is 0.255 e. The van der Waals surface area contributed by atoms with Crippen LogP contribution in [0.1, 0.15) is 104 Å². The Labute approximate surface area is 254 Å². The van der Waals surface area contributed by atoms with Crippen LogP contribution in [0.15, 0.2) is 47.4 Å². The number of rotatable bonds is 10. The van der Waals surface area contributed by atoms with E-state index in [1.165, 1.54) is 75.3 Å². The van der Waals surface area contributed by atoms with E-state index in [4.69, 9.17) is 0 Å². The molecule has 224 valence electrons. The van der Waals surface area contributed by atoms with Crippen LogP contribution < -0.4 is 10.6 Å². The van der Waals surface area contributed by atoms with Gasteiger partial charge in [0.25, 0.3) is 5.91 Å². The summed E-state index contributed by atoms with van der Waals surface area (Å²) < 4.78 is 0. The number of piperidine rings is 1. The van der Waals surface area contributed by atoms with Crippen molar-refractivity contribution < 1.29 is 14.4 Å². The fraction of sp³-hybridized carbons (Fsp3) is 0.571. The van der Waals surface area contributed by atoms with E-state index in [1.807, 2.05) is 12.1 Å². The van der Waals surface area contributed by atoms with E-state index >= 15 is 0 Å². The van der Waals surface area contributed by atoms with Gasteiger partial charge < -0.3 is 10.2 Å². The lowest BCUT2D eigenvalue weighted by atomic mass is 9.73. The normalized spacial score (nSPS) is 22.1. The largest absolute Gasteiger partial charge is 0.322 e. The van der Waals surface area contributed by atoms with E-state index < -0.39 is 6.04 Å². The monoisotopic (exact) mass is 587 g/mol. The zero-order valence-electron chi connectivity index (χ0n) is 24.7. The van der Waals surface area contributed by atoms with E-state index in [0.717, 1.165) is 41.0 Å². The van der Waals surface area contributed by atoms with Gasteiger partial charge in [-0.2, -0.15) is 0 Å². The van der Waals surface area contributed by atoms with Gasteiger partial charge in [0.2, 0.25) is 11.8 Å². The van der Waals surface area contributed by atoms with Gasteiger partial charge in [0.1, 0.15) is 6.04 Å². The Kier molecular flexibility index (Phi) is 9.65. The van der Waals surface area contributed by atoms with Gasteiger partial charge in [-0.15, -0.1) is 11.8 Å². The Bertz CT molecular complexity index is 1250. The molecule has 2 aliphatic carbocycles. The lowest BCUT2D eigenvalue weighted by Crippen LogP contribution is -2.52. The van der Waals surface area contributed by atoms with E-state index in [0.29, 0.717) is 24.6 Å². The van der Waals surface area contributed by atoms with E-state index in [2.05, 4.69) is 41.0 Å². The van der Waals surface area contributed by atoms with E-state index in [1.54, 1.807) is 16.7 Å². The molecule has 2 aromatic carbocycles. The van der Waals surface area contributed by atoms with Crippen molar-refractivity contribution in [2.45, 2.75) is 113 Å². The van der Waals surface area contributed by atoms with Crippen molar-refractivity contribution in [3.05, 3.63) is 64.7 Å². The second-order valence-corrected chi connectivity index (χ2v) is 13.8. The van der Waals surface area contributed by atoms with Gasteiger partial charge in [-0.1, -0.05) is 68.9 Å². The molecule has 2 heterocycles. The van der Waals surface area contributed by atoms with Crippen LogP contribution in [0.3, 0.4) is 0 Å². The number of hydrogen-bond acceptors (Lipinski definition) is 5. The summed E-state index contributed by atoms with van der Waals surface area (Å²) in [6.45, 7) is 1.47. The minimum Gasteiger partial charge on any atom is -0.322 e. The topological polar surface area (TPSA) is 78.5 Å². The molecule has 0 radical (unpaired) electrons. The first-order valence-electron chi connectivity index (χ1n) is 16.3. The number of amides is 3. The number of imide groups is 1. The van der Waals surface area contributed by atoms with Gasteiger partial charge in [0.15, 0.2) is 0 Å². The highest BCUT2D eigenvalue weighted by Gasteiger charge is 2.39. The molecule has 0 aromatic heterocycles. The molecule has 1 saturated heterocycles. The molecular formula is C35H45N3O3S. The average molecular weight is 588 g/mol. The predicted octanol–water partition coefficient (Wildman–Crippen LogP) is 6.40. The number of nitrogens with zero attached hydrogens (tertiary/aromatic N) is 1. The number of thioether (sulfide) groups is 1. The number of nitrogens with one attached hydrogen (secondary N) is 2. The third-order valence-corrected chi connectivity index (χ3v) is 11.2. The molecule has 2 saturated carbocycles. The minimum atomic E-state index is -0.580. The van der Waals surface area contributed by atoms with Crippen LogP contribution in [0, 0.1) is 11.8 Å². The van der Waals surface area contributed by atoms with Crippen molar-refractivity contribution >= 4 is 29.5 Å². The molecule has 1 unspecified atom stereocenters. The third-order valence-electron chi connectivity index (χ3n) is 10.1. The molecule has 2 N–H and O–H groups in total. The van der Waals surface area contributed by atoms with E-state index in [-0.39, 0.29) is 24.1 Å². The zero-order chi connectivity index (χ0) is 28.9. The Balaban J connectivity index is 1.02. The molecule has 1 atom stereocenters. The summed E-state index contributed by atoms with van der Waals surface area (Å²) in [5.41, 5.74) is 4.31. The molecule has 7 heteroatoms. The van der Waals surface area contributed by atoms with Gasteiger partial charge >= 0.3 is 0 Å². The van der Waals surface area contributed by atoms with Crippen LogP contribution in [0.25, 0.3) is 0 Å². The Morgan fingerprint density at radius 2 is 1.50 bits per heavy atom. The summed E-state index contributed by atoms with van der Waals surface area (Å²) in [6.07, 6.45) is 15.9. The third kappa shape index (κ3) is 6.78. The maximum atomic E-state index is 13.1. The summed E-state index contributed by atoms with van der Waals surface area (Å²) in [7, 11) is 0. The highest BCUT2D eigenvalue weighted by Crippen LogP contribution is 2.37. The van der Waals surface area contributed by atoms with Crippen molar-refractivity contribution in [2.24, 2.45) is 11.8 Å². The lowest BCUT2D eigenvalue weighted by Gasteiger charge is -2.38. The number of carbonyl (C=O) groups is 3. The Morgan fingerprint density at radius 1 is 0.833 bits per heavy atom. The number of carbonyl (C=O) groups excluding carboxylic acids is 3. The van der Waals surface area contributed by atoms with Gasteiger partial charge in [0.05, 0.1) is 0 Å². The number of hydrogen-bond donors (Lipinski definition) is 2. The van der Waals surface area contributed by atoms with Crippen LogP contribution in [-0.2, 0) is 28.3 Å². The Hall–Kier alpha value is -2.64. The standard InChI is InChI=1S/C35H45N3O3S/c39-32-19-18-30(34(40)37-32)38-22-29-28(35(38)41)12-7-13-31(29)42-23-25-16-14-24(15-17-25)20-21-36-33(26-8-3-1-4-9-26)27-10-5-2-6-11-27/h7,12-17,26-27,30,33,36H,1-6,8-11,18-23H2,(H,37,39,40). The molecule has 0 bridgehead atoms. The first-order chi connectivity index (χ1) is 20.6. The molecule has 6 rings (SSSR count). The van der Waals surface area contributed by atoms with Crippen molar-refractivity contribution in [3.63, 3.8) is 0 Å². The van der Waals surface area contributed by atoms with Crippen molar-refractivity contribution in [1.82, 2.24) is 15.5 Å². The first-order valence-corrected chi connectivity index (χ1v) is 17.3. The van der Waals surface area contributed by atoms with Crippen molar-refractivity contribution in [3.8, 4) is 0 Å². The van der Waals surface area contributed by atoms with Crippen molar-refractivity contribution in [1.29, 1.82) is 0 Å². The van der Waals surface area contributed by atoms with Gasteiger partial charge in [-0.05, 0) is 85.7 Å². The second kappa shape index (κ2) is 13.8. The number of fused-ring (bicyclic) bond motifs is 1. The zero-order valence-corrected chi connectivity index (χ0v) is 25.6. The van der Waals surface area contributed by atoms with Crippen molar-refractivity contribution in [2.75, 3.05) is 6.54 Å². The predicted molar refractivity (Wildman–Crippen MR) is 167 cm³/mol. The second-order valence-electron chi connectivity index (χ2n) is 12.8. The lowest BCUT2D eigenvalue weighted by molar-refractivity contribution is -0.136. The molecule has 0 spiro atoms. The van der Waals surface area contributed by atoms with Gasteiger partial charge in [-0.25, -0.2) is 0 Å². The Morgan fingerprint density at radius 3 is 2.17 bits per heavy atom. The summed E-state index contributed by atoms with van der Waals surface area (Å²) >= 11 is 1.74. The molecule has 2 aromatic rings. The van der Waals surface area contributed by atoms with Crippen LogP contribution in [0.5, 0.6) is 0 Å². The van der Waals surface area contributed by atoms with Crippen LogP contribution in [0.2, 0.25) is 0 Å².